The van der Waals surface area contributed by atoms with Crippen molar-refractivity contribution in [1.29, 1.82) is 0 Å². The Morgan fingerprint density at radius 2 is 1.87 bits per heavy atom. The summed E-state index contributed by atoms with van der Waals surface area (Å²) in [6.07, 6.45) is 2.32. The van der Waals surface area contributed by atoms with Crippen LogP contribution >= 0.6 is 0 Å². The van der Waals surface area contributed by atoms with Gasteiger partial charge >= 0.3 is 0 Å². The molecule has 2 aromatic carbocycles. The number of likely N-dealkylation sites (N-methyl/N-ethyl adjacent to an activating group) is 1. The molecule has 30 heavy (non-hydrogen) atoms. The Hall–Kier alpha value is -2.99. The van der Waals surface area contributed by atoms with Gasteiger partial charge in [-0.3, -0.25) is 4.79 Å². The maximum atomic E-state index is 12.7. The van der Waals surface area contributed by atoms with Gasteiger partial charge in [-0.2, -0.15) is 0 Å². The molecule has 1 N–H and O–H groups in total. The third-order valence-corrected chi connectivity index (χ3v) is 5.34. The number of carbonyl (C=O) groups is 1. The van der Waals surface area contributed by atoms with Crippen molar-refractivity contribution in [1.82, 2.24) is 9.47 Å². The number of hydrogen-bond donors (Lipinski definition) is 1. The summed E-state index contributed by atoms with van der Waals surface area (Å²) in [6, 6.07) is 13.6. The van der Waals surface area contributed by atoms with Gasteiger partial charge in [0.1, 0.15) is 6.61 Å². The average molecular weight is 410 g/mol. The number of methoxy groups -OCH3 is 1. The van der Waals surface area contributed by atoms with Crippen molar-refractivity contribution in [2.24, 2.45) is 7.05 Å². The number of anilines is 1. The summed E-state index contributed by atoms with van der Waals surface area (Å²) >= 11 is 0. The lowest BCUT2D eigenvalue weighted by Crippen LogP contribution is -2.28. The van der Waals surface area contributed by atoms with Crippen LogP contribution in [0.3, 0.4) is 0 Å². The van der Waals surface area contributed by atoms with Crippen LogP contribution in [-0.2, 0) is 18.3 Å². The molecule has 1 heterocycles. The first-order valence-corrected chi connectivity index (χ1v) is 10.4. The first-order chi connectivity index (χ1) is 14.5. The molecule has 0 spiro atoms. The lowest BCUT2D eigenvalue weighted by Gasteiger charge is -2.19. The molecule has 3 aromatic rings. The molecule has 0 aliphatic rings. The molecule has 160 valence electrons. The van der Waals surface area contributed by atoms with E-state index in [1.807, 2.05) is 54.2 Å². The summed E-state index contributed by atoms with van der Waals surface area (Å²) in [5.41, 5.74) is 2.82. The summed E-state index contributed by atoms with van der Waals surface area (Å²) in [5.74, 6) is 1.22. The van der Waals surface area contributed by atoms with E-state index >= 15 is 0 Å². The summed E-state index contributed by atoms with van der Waals surface area (Å²) in [6.45, 7) is 7.65. The molecular weight excluding hydrogens is 378 g/mol. The molecule has 0 saturated heterocycles. The fourth-order valence-corrected chi connectivity index (χ4v) is 3.64. The van der Waals surface area contributed by atoms with Crippen LogP contribution in [0.15, 0.2) is 48.7 Å². The molecule has 6 heteroatoms. The molecule has 1 aromatic heterocycles. The number of nitrogens with one attached hydrogen (secondary N) is 1. The fourth-order valence-electron chi connectivity index (χ4n) is 3.64. The van der Waals surface area contributed by atoms with Gasteiger partial charge in [-0.15, -0.1) is 0 Å². The zero-order valence-electron chi connectivity index (χ0n) is 18.3. The number of carbonyl (C=O) groups excluding carboxylic acids is 1. The third-order valence-electron chi connectivity index (χ3n) is 5.34. The average Bonchev–Trinajstić information content (AvgIpc) is 3.07. The number of aromatic nitrogens is 1. The van der Waals surface area contributed by atoms with E-state index in [4.69, 9.17) is 9.47 Å². The Labute approximate surface area is 178 Å². The van der Waals surface area contributed by atoms with Crippen LogP contribution in [0.4, 0.5) is 5.69 Å². The van der Waals surface area contributed by atoms with Crippen molar-refractivity contribution in [3.8, 4) is 11.5 Å². The minimum Gasteiger partial charge on any atom is -0.493 e. The molecule has 0 atom stereocenters. The Morgan fingerprint density at radius 1 is 1.10 bits per heavy atom. The number of aryl methyl sites for hydroxylation is 1. The van der Waals surface area contributed by atoms with Gasteiger partial charge in [-0.05, 0) is 36.9 Å². The van der Waals surface area contributed by atoms with E-state index in [9.17, 15) is 4.79 Å². The monoisotopic (exact) mass is 409 g/mol. The SMILES string of the molecule is CCN(CC)CCOc1cc(NC(=O)Cc2cn(C)c3ccccc23)ccc1OC. The van der Waals surface area contributed by atoms with Crippen LogP contribution in [-0.4, -0.2) is 48.7 Å². The maximum absolute atomic E-state index is 12.7. The number of para-hydroxylation sites is 1. The topological polar surface area (TPSA) is 55.7 Å². The molecule has 0 aliphatic carbocycles. The minimum atomic E-state index is -0.0642. The molecule has 3 rings (SSSR count). The lowest BCUT2D eigenvalue weighted by molar-refractivity contribution is -0.115. The van der Waals surface area contributed by atoms with Gasteiger partial charge in [0, 0.05) is 42.4 Å². The van der Waals surface area contributed by atoms with E-state index in [0.717, 1.165) is 36.1 Å². The molecule has 0 bridgehead atoms. The minimum absolute atomic E-state index is 0.0642. The van der Waals surface area contributed by atoms with Gasteiger partial charge in [0.15, 0.2) is 11.5 Å². The van der Waals surface area contributed by atoms with Crippen molar-refractivity contribution in [3.05, 3.63) is 54.2 Å². The smallest absolute Gasteiger partial charge is 0.228 e. The Balaban J connectivity index is 1.67. The second-order valence-corrected chi connectivity index (χ2v) is 7.25. The highest BCUT2D eigenvalue weighted by Gasteiger charge is 2.12. The summed E-state index contributed by atoms with van der Waals surface area (Å²) in [7, 11) is 3.61. The highest BCUT2D eigenvalue weighted by Crippen LogP contribution is 2.30. The van der Waals surface area contributed by atoms with E-state index < -0.39 is 0 Å². The van der Waals surface area contributed by atoms with Crippen LogP contribution in [0.5, 0.6) is 11.5 Å². The quantitative estimate of drug-likeness (QED) is 0.548. The van der Waals surface area contributed by atoms with Crippen molar-refractivity contribution >= 4 is 22.5 Å². The second-order valence-electron chi connectivity index (χ2n) is 7.25. The van der Waals surface area contributed by atoms with Gasteiger partial charge < -0.3 is 24.3 Å². The first-order valence-electron chi connectivity index (χ1n) is 10.4. The van der Waals surface area contributed by atoms with E-state index in [-0.39, 0.29) is 5.91 Å². The van der Waals surface area contributed by atoms with Crippen molar-refractivity contribution in [2.75, 3.05) is 38.7 Å². The zero-order chi connectivity index (χ0) is 21.5. The highest BCUT2D eigenvalue weighted by molar-refractivity contribution is 5.96. The summed E-state index contributed by atoms with van der Waals surface area (Å²) in [5, 5.41) is 4.09. The number of amides is 1. The van der Waals surface area contributed by atoms with Gasteiger partial charge in [-0.25, -0.2) is 0 Å². The molecule has 6 nitrogen and oxygen atoms in total. The van der Waals surface area contributed by atoms with Crippen LogP contribution < -0.4 is 14.8 Å². The number of nitrogens with zero attached hydrogens (tertiary/aromatic N) is 2. The van der Waals surface area contributed by atoms with Gasteiger partial charge in [0.05, 0.1) is 13.5 Å². The lowest BCUT2D eigenvalue weighted by atomic mass is 10.1. The highest BCUT2D eigenvalue weighted by atomic mass is 16.5. The molecule has 0 saturated carbocycles. The Bertz CT molecular complexity index is 993. The van der Waals surface area contributed by atoms with Gasteiger partial charge in [0.2, 0.25) is 5.91 Å². The maximum Gasteiger partial charge on any atom is 0.228 e. The number of ether oxygens (including phenoxy) is 2. The van der Waals surface area contributed by atoms with Gasteiger partial charge in [-0.1, -0.05) is 32.0 Å². The van der Waals surface area contributed by atoms with Crippen LogP contribution in [0, 0.1) is 0 Å². The Kier molecular flexibility index (Phi) is 7.36. The number of fused-ring (bicyclic) bond motifs is 1. The summed E-state index contributed by atoms with van der Waals surface area (Å²) in [4.78, 5) is 15.0. The van der Waals surface area contributed by atoms with Crippen molar-refractivity contribution in [2.45, 2.75) is 20.3 Å². The normalized spacial score (nSPS) is 11.1. The fraction of sp³-hybridized carbons (Fsp3) is 0.375. The summed E-state index contributed by atoms with van der Waals surface area (Å²) < 4.78 is 13.4. The second kappa shape index (κ2) is 10.2. The predicted molar refractivity (Wildman–Crippen MR) is 122 cm³/mol. The first kappa shape index (κ1) is 21.7. The molecule has 0 unspecified atom stereocenters. The molecule has 0 aliphatic heterocycles. The van der Waals surface area contributed by atoms with E-state index in [2.05, 4.69) is 30.1 Å². The van der Waals surface area contributed by atoms with Crippen molar-refractivity contribution < 1.29 is 14.3 Å². The zero-order valence-corrected chi connectivity index (χ0v) is 18.3. The Morgan fingerprint density at radius 3 is 2.60 bits per heavy atom. The standard InChI is InChI=1S/C24H31N3O3/c1-5-27(6-2)13-14-30-23-16-19(11-12-22(23)29-4)25-24(28)15-18-17-26(3)21-10-8-7-9-20(18)21/h7-12,16-17H,5-6,13-15H2,1-4H3,(H,25,28). The van der Waals surface area contributed by atoms with Crippen molar-refractivity contribution in [3.63, 3.8) is 0 Å². The van der Waals surface area contributed by atoms with Crippen LogP contribution in [0.1, 0.15) is 19.4 Å². The van der Waals surface area contributed by atoms with E-state index in [0.29, 0.717) is 30.2 Å². The third kappa shape index (κ3) is 5.13. The largest absolute Gasteiger partial charge is 0.493 e. The van der Waals surface area contributed by atoms with E-state index in [1.165, 1.54) is 0 Å². The number of benzene rings is 2. The van der Waals surface area contributed by atoms with Crippen LogP contribution in [0.25, 0.3) is 10.9 Å². The predicted octanol–water partition coefficient (Wildman–Crippen LogP) is 4.09. The molecule has 0 fully saturated rings. The molecular formula is C24H31N3O3. The number of hydrogen-bond acceptors (Lipinski definition) is 4. The van der Waals surface area contributed by atoms with Crippen LogP contribution in [0.2, 0.25) is 0 Å². The van der Waals surface area contributed by atoms with E-state index in [1.54, 1.807) is 7.11 Å². The molecule has 0 radical (unpaired) electrons. The number of rotatable bonds is 10. The molecule has 1 amide bonds. The van der Waals surface area contributed by atoms with Gasteiger partial charge in [0.25, 0.3) is 0 Å².